The van der Waals surface area contributed by atoms with Gasteiger partial charge in [0.05, 0.1) is 31.6 Å². The van der Waals surface area contributed by atoms with E-state index in [4.69, 9.17) is 50.7 Å². The molecule has 0 radical (unpaired) electrons. The lowest BCUT2D eigenvalue weighted by molar-refractivity contribution is -0.154. The molecule has 4 saturated heterocycles. The van der Waals surface area contributed by atoms with Gasteiger partial charge in [0.2, 0.25) is 0 Å². The smallest absolute Gasteiger partial charge is 0.325 e. The van der Waals surface area contributed by atoms with E-state index in [9.17, 15) is 13.3 Å². The SMILES string of the molecule is C=C(N)c1ncn([C@@H]2O[C@@H]3CS(=O)(=O)O[C@H]4[C@H]5OC[C@]4(COP(O)(=S)O[C@H]3[C@H]2F)O[C@H]5N=CN)c1C. The summed E-state index contributed by atoms with van der Waals surface area (Å²) in [6.45, 7) is 0.517. The molecule has 0 amide bonds. The zero-order chi connectivity index (χ0) is 26.0. The Hall–Kier alpha value is -1.53. The van der Waals surface area contributed by atoms with Crippen LogP contribution < -0.4 is 11.5 Å². The summed E-state index contributed by atoms with van der Waals surface area (Å²) < 4.78 is 76.9. The van der Waals surface area contributed by atoms with Crippen LogP contribution in [-0.2, 0) is 49.4 Å². The van der Waals surface area contributed by atoms with Crippen molar-refractivity contribution in [3.05, 3.63) is 24.3 Å². The largest absolute Gasteiger partial charge is 0.397 e. The molecule has 1 aromatic rings. The zero-order valence-electron chi connectivity index (χ0n) is 18.9. The van der Waals surface area contributed by atoms with Crippen LogP contribution in [0.4, 0.5) is 4.39 Å². The van der Waals surface area contributed by atoms with Gasteiger partial charge in [-0.15, -0.1) is 0 Å². The maximum absolute atomic E-state index is 15.7. The molecule has 9 atom stereocenters. The van der Waals surface area contributed by atoms with Crippen LogP contribution in [0, 0.1) is 6.92 Å². The third-order valence-electron chi connectivity index (χ3n) is 6.44. The Morgan fingerprint density at radius 2 is 2.22 bits per heavy atom. The second-order valence-corrected chi connectivity index (χ2v) is 13.3. The number of ether oxygens (including phenoxy) is 3. The number of aromatic nitrogens is 2. The first-order valence-electron chi connectivity index (χ1n) is 10.7. The van der Waals surface area contributed by atoms with Crippen molar-refractivity contribution < 1.29 is 45.1 Å². The highest BCUT2D eigenvalue weighted by molar-refractivity contribution is 8.07. The second kappa shape index (κ2) is 9.04. The molecule has 0 aromatic carbocycles. The molecule has 36 heavy (non-hydrogen) atoms. The molecule has 5 heterocycles. The maximum Gasteiger partial charge on any atom is 0.325 e. The maximum atomic E-state index is 15.7. The lowest BCUT2D eigenvalue weighted by atomic mass is 10.0. The highest BCUT2D eigenvalue weighted by Gasteiger charge is 2.65. The van der Waals surface area contributed by atoms with Gasteiger partial charge in [-0.05, 0) is 18.7 Å². The molecular formula is C18H25FN5O9PS2. The van der Waals surface area contributed by atoms with Gasteiger partial charge in [0, 0.05) is 5.69 Å². The van der Waals surface area contributed by atoms with Gasteiger partial charge in [0.15, 0.2) is 18.6 Å². The molecule has 5 N–H and O–H groups in total. The fourth-order valence-electron chi connectivity index (χ4n) is 4.79. The van der Waals surface area contributed by atoms with Gasteiger partial charge < -0.3 is 39.7 Å². The van der Waals surface area contributed by atoms with Gasteiger partial charge in [0.1, 0.15) is 41.5 Å². The number of nitrogens with zero attached hydrogens (tertiary/aromatic N) is 3. The van der Waals surface area contributed by atoms with Crippen LogP contribution >= 0.6 is 6.72 Å². The molecule has 1 aromatic heterocycles. The van der Waals surface area contributed by atoms with Crippen molar-refractivity contribution in [3.8, 4) is 0 Å². The number of halogens is 1. The summed E-state index contributed by atoms with van der Waals surface area (Å²) in [4.78, 5) is 18.8. The van der Waals surface area contributed by atoms with Gasteiger partial charge >= 0.3 is 6.72 Å². The van der Waals surface area contributed by atoms with E-state index >= 15 is 4.39 Å². The van der Waals surface area contributed by atoms with E-state index in [1.54, 1.807) is 6.92 Å². The highest BCUT2D eigenvalue weighted by atomic mass is 32.5. The van der Waals surface area contributed by atoms with Crippen LogP contribution in [-0.4, -0.2) is 90.6 Å². The first-order chi connectivity index (χ1) is 16.9. The Kier molecular flexibility index (Phi) is 6.55. The molecular weight excluding hydrogens is 544 g/mol. The standard InChI is InChI=1S/C18H25FN5O9PS2/c1-8(21)12-9(2)24(7-23-12)17-11(19)13-10(30-17)3-36(26,27)33-15-14-16(22-6-20)31-18(15,4-28-14)5-29-34(25,35)32-13/h6-7,10-11,13-17H,1,3-5,21H2,2H3,(H2,20,22)(H,25,35)/t10-,11-,13-,14-,15+,16-,17-,18-,34?/m1/s1. The molecule has 0 aliphatic carbocycles. The van der Waals surface area contributed by atoms with E-state index in [2.05, 4.69) is 16.6 Å². The average Bonchev–Trinajstić information content (AvgIpc) is 3.48. The third kappa shape index (κ3) is 4.40. The highest BCUT2D eigenvalue weighted by Crippen LogP contribution is 2.53. The first kappa shape index (κ1) is 26.1. The van der Waals surface area contributed by atoms with Crippen molar-refractivity contribution in [2.24, 2.45) is 16.5 Å². The van der Waals surface area contributed by atoms with Crippen molar-refractivity contribution in [1.82, 2.24) is 9.55 Å². The van der Waals surface area contributed by atoms with Gasteiger partial charge in [-0.3, -0.25) is 8.71 Å². The van der Waals surface area contributed by atoms with Gasteiger partial charge in [-0.1, -0.05) is 6.58 Å². The predicted molar refractivity (Wildman–Crippen MR) is 125 cm³/mol. The number of hydrogen-bond donors (Lipinski definition) is 3. The van der Waals surface area contributed by atoms with Crippen LogP contribution in [0.25, 0.3) is 5.70 Å². The molecule has 200 valence electrons. The monoisotopic (exact) mass is 569 g/mol. The summed E-state index contributed by atoms with van der Waals surface area (Å²) in [7, 11) is -4.39. The Bertz CT molecular complexity index is 1250. The van der Waals surface area contributed by atoms with E-state index in [0.717, 1.165) is 6.34 Å². The Labute approximate surface area is 210 Å². The Balaban J connectivity index is 1.48. The number of rotatable bonds is 3. The summed E-state index contributed by atoms with van der Waals surface area (Å²) >= 11 is 5.11. The number of aliphatic imine (C=N–C) groups is 1. The summed E-state index contributed by atoms with van der Waals surface area (Å²) in [5.41, 5.74) is 10.5. The fourth-order valence-corrected chi connectivity index (χ4v) is 7.60. The van der Waals surface area contributed by atoms with Crippen molar-refractivity contribution in [2.75, 3.05) is 19.0 Å². The molecule has 5 rings (SSSR count). The third-order valence-corrected chi connectivity index (χ3v) is 9.22. The topological polar surface area (TPSA) is 192 Å². The molecule has 14 nitrogen and oxygen atoms in total. The van der Waals surface area contributed by atoms with Crippen molar-refractivity contribution >= 4 is 40.7 Å². The van der Waals surface area contributed by atoms with Crippen molar-refractivity contribution in [3.63, 3.8) is 0 Å². The minimum Gasteiger partial charge on any atom is -0.397 e. The van der Waals surface area contributed by atoms with Gasteiger partial charge in [-0.2, -0.15) is 8.42 Å². The van der Waals surface area contributed by atoms with Crippen LogP contribution in [0.5, 0.6) is 0 Å². The van der Waals surface area contributed by atoms with E-state index < -0.39 is 77.8 Å². The van der Waals surface area contributed by atoms with Crippen LogP contribution in [0.1, 0.15) is 17.6 Å². The number of alkyl halides is 1. The molecule has 0 saturated carbocycles. The average molecular weight is 570 g/mol. The van der Waals surface area contributed by atoms with E-state index in [-0.39, 0.29) is 12.3 Å². The molecule has 1 unspecified atom stereocenters. The van der Waals surface area contributed by atoms with Crippen LogP contribution in [0.3, 0.4) is 0 Å². The van der Waals surface area contributed by atoms with Gasteiger partial charge in [0.25, 0.3) is 10.1 Å². The molecule has 18 heteroatoms. The summed E-state index contributed by atoms with van der Waals surface area (Å²) in [6.07, 6.45) is -7.19. The number of hydrogen-bond acceptors (Lipinski definition) is 12. The van der Waals surface area contributed by atoms with Crippen LogP contribution in [0.2, 0.25) is 0 Å². The lowest BCUT2D eigenvalue weighted by Crippen LogP contribution is -2.47. The van der Waals surface area contributed by atoms with Gasteiger partial charge in [-0.25, -0.2) is 14.4 Å². The summed E-state index contributed by atoms with van der Waals surface area (Å²) in [6, 6.07) is 0. The predicted octanol–water partition coefficient (Wildman–Crippen LogP) is -0.815. The number of fused-ring (bicyclic) bond motifs is 1. The summed E-state index contributed by atoms with van der Waals surface area (Å²) in [5, 5.41) is 0. The fraction of sp³-hybridized carbons (Fsp3) is 0.667. The number of nitrogens with two attached hydrogens (primary N) is 2. The minimum absolute atomic E-state index is 0.129. The molecule has 4 aliphatic rings. The van der Waals surface area contributed by atoms with E-state index in [1.807, 2.05) is 0 Å². The number of imidazole rings is 1. The van der Waals surface area contributed by atoms with Crippen molar-refractivity contribution in [2.45, 2.75) is 55.6 Å². The molecule has 2 bridgehead atoms. The van der Waals surface area contributed by atoms with E-state index in [1.165, 1.54) is 10.9 Å². The zero-order valence-corrected chi connectivity index (χ0v) is 21.4. The Morgan fingerprint density at radius 1 is 1.47 bits per heavy atom. The molecule has 4 fully saturated rings. The summed E-state index contributed by atoms with van der Waals surface area (Å²) in [5.74, 6) is -0.821. The Morgan fingerprint density at radius 3 is 2.89 bits per heavy atom. The minimum atomic E-state index is -4.39. The van der Waals surface area contributed by atoms with E-state index in [0.29, 0.717) is 11.4 Å². The van der Waals surface area contributed by atoms with Crippen LogP contribution in [0.15, 0.2) is 17.9 Å². The lowest BCUT2D eigenvalue weighted by Gasteiger charge is -2.31. The molecule has 0 spiro atoms. The molecule has 4 aliphatic heterocycles. The normalized spacial score (nSPS) is 44.2. The quantitative estimate of drug-likeness (QED) is 0.177. The van der Waals surface area contributed by atoms with Crippen molar-refractivity contribution in [1.29, 1.82) is 0 Å². The second-order valence-electron chi connectivity index (χ2n) is 8.82. The first-order valence-corrected chi connectivity index (χ1v) is 14.9.